The van der Waals surface area contributed by atoms with Crippen LogP contribution >= 0.6 is 0 Å². The second-order valence-corrected chi connectivity index (χ2v) is 4.55. The van der Waals surface area contributed by atoms with E-state index in [2.05, 4.69) is 4.98 Å². The molecule has 1 heterocycles. The Bertz CT molecular complexity index is 630. The summed E-state index contributed by atoms with van der Waals surface area (Å²) in [5.41, 5.74) is 1.35. The minimum atomic E-state index is -1.07. The number of carbonyl (C=O) groups is 1. The molecule has 112 valence electrons. The van der Waals surface area contributed by atoms with Gasteiger partial charge in [0.25, 0.3) is 0 Å². The van der Waals surface area contributed by atoms with E-state index in [-0.39, 0.29) is 12.3 Å². The largest absolute Gasteiger partial charge is 0.477 e. The van der Waals surface area contributed by atoms with Crippen LogP contribution in [0.2, 0.25) is 0 Å². The number of nitrogens with zero attached hydrogens (tertiary/aromatic N) is 2. The molecule has 1 aromatic carbocycles. The highest BCUT2D eigenvalue weighted by Crippen LogP contribution is 2.26. The summed E-state index contributed by atoms with van der Waals surface area (Å²) in [6.07, 6.45) is 0. The topological polar surface area (TPSA) is 82.9 Å². The van der Waals surface area contributed by atoms with E-state index < -0.39 is 5.97 Å². The van der Waals surface area contributed by atoms with Crippen molar-refractivity contribution in [3.05, 3.63) is 36.0 Å². The Labute approximate surface area is 122 Å². The second kappa shape index (κ2) is 7.01. The molecule has 21 heavy (non-hydrogen) atoms. The lowest BCUT2D eigenvalue weighted by Crippen LogP contribution is -2.30. The molecule has 0 bridgehead atoms. The monoisotopic (exact) mass is 290 g/mol. The number of methoxy groups -OCH3 is 1. The smallest absolute Gasteiger partial charge is 0.354 e. The van der Waals surface area contributed by atoms with E-state index in [1.165, 1.54) is 6.07 Å². The standard InChI is InChI=1S/C15H18N2O4/c1-21-9-7-17(6-8-18)14-10-13(15(19)20)16-12-5-3-2-4-11(12)14/h2-5,10,18H,6-9H2,1H3,(H,19,20). The number of carboxylic acid groups (broad SMARTS) is 1. The van der Waals surface area contributed by atoms with Crippen LogP contribution in [0.4, 0.5) is 5.69 Å². The second-order valence-electron chi connectivity index (χ2n) is 4.55. The van der Waals surface area contributed by atoms with E-state index >= 15 is 0 Å². The van der Waals surface area contributed by atoms with Crippen molar-refractivity contribution in [2.24, 2.45) is 0 Å². The molecule has 2 N–H and O–H groups in total. The average Bonchev–Trinajstić information content (AvgIpc) is 2.50. The minimum absolute atomic E-state index is 0.0101. The van der Waals surface area contributed by atoms with Crippen molar-refractivity contribution in [3.8, 4) is 0 Å². The maximum atomic E-state index is 11.2. The number of fused-ring (bicyclic) bond motifs is 1. The lowest BCUT2D eigenvalue weighted by Gasteiger charge is -2.25. The lowest BCUT2D eigenvalue weighted by molar-refractivity contribution is 0.0691. The van der Waals surface area contributed by atoms with Crippen LogP contribution in [0, 0.1) is 0 Å². The maximum Gasteiger partial charge on any atom is 0.354 e. The van der Waals surface area contributed by atoms with Gasteiger partial charge in [-0.05, 0) is 12.1 Å². The Balaban J connectivity index is 2.54. The maximum absolute atomic E-state index is 11.2. The molecule has 0 amide bonds. The van der Waals surface area contributed by atoms with Crippen LogP contribution in [0.15, 0.2) is 30.3 Å². The SMILES string of the molecule is COCCN(CCO)c1cc(C(=O)O)nc2ccccc12. The number of aliphatic hydroxyl groups excluding tert-OH is 1. The molecule has 0 aliphatic heterocycles. The molecule has 0 aliphatic rings. The number of aromatic carboxylic acids is 1. The van der Waals surface area contributed by atoms with E-state index in [0.29, 0.717) is 25.2 Å². The number of aliphatic hydroxyl groups is 1. The lowest BCUT2D eigenvalue weighted by atomic mass is 10.1. The molecule has 6 nitrogen and oxygen atoms in total. The van der Waals surface area contributed by atoms with Crippen molar-refractivity contribution >= 4 is 22.6 Å². The third-order valence-corrected chi connectivity index (χ3v) is 3.19. The zero-order valence-corrected chi connectivity index (χ0v) is 11.8. The quantitative estimate of drug-likeness (QED) is 0.801. The molecule has 0 aliphatic carbocycles. The molecule has 2 rings (SSSR count). The van der Waals surface area contributed by atoms with Gasteiger partial charge in [0.05, 0.1) is 18.7 Å². The van der Waals surface area contributed by atoms with E-state index in [1.54, 1.807) is 13.2 Å². The van der Waals surface area contributed by atoms with Crippen LogP contribution in [0.1, 0.15) is 10.5 Å². The molecule has 0 radical (unpaired) electrons. The van der Waals surface area contributed by atoms with E-state index in [4.69, 9.17) is 4.74 Å². The number of para-hydroxylation sites is 1. The number of aromatic nitrogens is 1. The van der Waals surface area contributed by atoms with Crippen LogP contribution in [-0.4, -0.2) is 54.6 Å². The molecular weight excluding hydrogens is 272 g/mol. The van der Waals surface area contributed by atoms with Gasteiger partial charge in [-0.1, -0.05) is 18.2 Å². The first-order valence-electron chi connectivity index (χ1n) is 6.65. The number of rotatable bonds is 7. The average molecular weight is 290 g/mol. The number of ether oxygens (including phenoxy) is 1. The number of anilines is 1. The first kappa shape index (κ1) is 15.2. The van der Waals surface area contributed by atoms with Gasteiger partial charge in [0.2, 0.25) is 0 Å². The number of benzene rings is 1. The van der Waals surface area contributed by atoms with Gasteiger partial charge in [0, 0.05) is 31.3 Å². The van der Waals surface area contributed by atoms with Gasteiger partial charge >= 0.3 is 5.97 Å². The Morgan fingerprint density at radius 3 is 2.76 bits per heavy atom. The van der Waals surface area contributed by atoms with Crippen molar-refractivity contribution in [1.29, 1.82) is 0 Å². The summed E-state index contributed by atoms with van der Waals surface area (Å²) in [6.45, 7) is 1.42. The van der Waals surface area contributed by atoms with Crippen molar-refractivity contribution < 1.29 is 19.7 Å². The third kappa shape index (κ3) is 3.48. The molecule has 0 fully saturated rings. The van der Waals surface area contributed by atoms with Crippen LogP contribution in [-0.2, 0) is 4.74 Å². The summed E-state index contributed by atoms with van der Waals surface area (Å²) < 4.78 is 5.07. The van der Waals surface area contributed by atoms with E-state index in [9.17, 15) is 15.0 Å². The van der Waals surface area contributed by atoms with Crippen molar-refractivity contribution in [2.45, 2.75) is 0 Å². The zero-order valence-electron chi connectivity index (χ0n) is 11.8. The number of hydrogen-bond donors (Lipinski definition) is 2. The molecular formula is C15H18N2O4. The normalized spacial score (nSPS) is 10.8. The first-order chi connectivity index (χ1) is 10.2. The number of hydrogen-bond acceptors (Lipinski definition) is 5. The van der Waals surface area contributed by atoms with Crippen LogP contribution in [0.3, 0.4) is 0 Å². The molecule has 0 saturated heterocycles. The Hall–Kier alpha value is -2.18. The predicted octanol–water partition coefficient (Wildman–Crippen LogP) is 1.38. The molecule has 0 unspecified atom stereocenters. The Morgan fingerprint density at radius 1 is 1.33 bits per heavy atom. The van der Waals surface area contributed by atoms with Gasteiger partial charge in [-0.3, -0.25) is 0 Å². The summed E-state index contributed by atoms with van der Waals surface area (Å²) in [5, 5.41) is 19.3. The van der Waals surface area contributed by atoms with E-state index in [1.807, 2.05) is 23.1 Å². The number of carboxylic acids is 1. The summed E-state index contributed by atoms with van der Waals surface area (Å²) in [4.78, 5) is 17.3. The molecule has 6 heteroatoms. The fraction of sp³-hybridized carbons (Fsp3) is 0.333. The molecule has 0 spiro atoms. The summed E-state index contributed by atoms with van der Waals surface area (Å²) >= 11 is 0. The van der Waals surface area contributed by atoms with Gasteiger partial charge < -0.3 is 19.8 Å². The Morgan fingerprint density at radius 2 is 2.10 bits per heavy atom. The molecule has 2 aromatic rings. The summed E-state index contributed by atoms with van der Waals surface area (Å²) in [7, 11) is 1.60. The highest BCUT2D eigenvalue weighted by atomic mass is 16.5. The first-order valence-corrected chi connectivity index (χ1v) is 6.65. The van der Waals surface area contributed by atoms with E-state index in [0.717, 1.165) is 11.1 Å². The van der Waals surface area contributed by atoms with Crippen LogP contribution in [0.5, 0.6) is 0 Å². The van der Waals surface area contributed by atoms with Crippen molar-refractivity contribution in [1.82, 2.24) is 4.98 Å². The number of pyridine rings is 1. The van der Waals surface area contributed by atoms with Gasteiger partial charge in [-0.15, -0.1) is 0 Å². The fourth-order valence-corrected chi connectivity index (χ4v) is 2.20. The highest BCUT2D eigenvalue weighted by molar-refractivity contribution is 5.97. The van der Waals surface area contributed by atoms with Crippen molar-refractivity contribution in [2.75, 3.05) is 38.3 Å². The van der Waals surface area contributed by atoms with Crippen LogP contribution < -0.4 is 4.90 Å². The fourth-order valence-electron chi connectivity index (χ4n) is 2.20. The molecule has 1 aromatic heterocycles. The van der Waals surface area contributed by atoms with Gasteiger partial charge in [0.1, 0.15) is 0 Å². The van der Waals surface area contributed by atoms with Crippen molar-refractivity contribution in [3.63, 3.8) is 0 Å². The molecule has 0 saturated carbocycles. The van der Waals surface area contributed by atoms with Gasteiger partial charge in [-0.25, -0.2) is 9.78 Å². The molecule has 0 atom stereocenters. The predicted molar refractivity (Wildman–Crippen MR) is 79.9 cm³/mol. The minimum Gasteiger partial charge on any atom is -0.477 e. The van der Waals surface area contributed by atoms with Gasteiger partial charge in [0.15, 0.2) is 5.69 Å². The van der Waals surface area contributed by atoms with Crippen LogP contribution in [0.25, 0.3) is 10.9 Å². The third-order valence-electron chi connectivity index (χ3n) is 3.19. The summed E-state index contributed by atoms with van der Waals surface area (Å²) in [5.74, 6) is -1.07. The Kier molecular flexibility index (Phi) is 5.08. The van der Waals surface area contributed by atoms with Gasteiger partial charge in [-0.2, -0.15) is 0 Å². The summed E-state index contributed by atoms with van der Waals surface area (Å²) in [6, 6.07) is 8.90. The highest BCUT2D eigenvalue weighted by Gasteiger charge is 2.15. The zero-order chi connectivity index (χ0) is 15.2.